The van der Waals surface area contributed by atoms with Gasteiger partial charge in [-0.05, 0) is 51.3 Å². The fraction of sp³-hybridized carbons (Fsp3) is 0.600. The summed E-state index contributed by atoms with van der Waals surface area (Å²) in [6.07, 6.45) is 3.38. The van der Waals surface area contributed by atoms with Crippen molar-refractivity contribution in [2.75, 3.05) is 13.7 Å². The summed E-state index contributed by atoms with van der Waals surface area (Å²) in [7, 11) is 2.04. The number of hydrogen-bond donors (Lipinski definition) is 1. The third-order valence-electron chi connectivity index (χ3n) is 4.02. The molecule has 1 aromatic carbocycles. The maximum absolute atomic E-state index is 5.94. The van der Waals surface area contributed by atoms with Crippen molar-refractivity contribution in [2.24, 2.45) is 0 Å². The van der Waals surface area contributed by atoms with Gasteiger partial charge < -0.3 is 10.1 Å². The van der Waals surface area contributed by atoms with E-state index >= 15 is 0 Å². The van der Waals surface area contributed by atoms with Crippen LogP contribution in [0.5, 0.6) is 0 Å². The van der Waals surface area contributed by atoms with Gasteiger partial charge in [0.25, 0.3) is 0 Å². The molecule has 0 bridgehead atoms. The van der Waals surface area contributed by atoms with Gasteiger partial charge in [0.05, 0.1) is 5.60 Å². The average molecular weight is 233 g/mol. The van der Waals surface area contributed by atoms with Gasteiger partial charge >= 0.3 is 0 Å². The van der Waals surface area contributed by atoms with E-state index < -0.39 is 0 Å². The van der Waals surface area contributed by atoms with Crippen molar-refractivity contribution in [3.63, 3.8) is 0 Å². The first-order valence-electron chi connectivity index (χ1n) is 6.51. The van der Waals surface area contributed by atoms with Crippen LogP contribution >= 0.6 is 0 Å². The van der Waals surface area contributed by atoms with E-state index in [2.05, 4.69) is 43.4 Å². The molecule has 2 heteroatoms. The Labute approximate surface area is 104 Å². The minimum absolute atomic E-state index is 0.00295. The van der Waals surface area contributed by atoms with Crippen LogP contribution in [0.25, 0.3) is 0 Å². The first kappa shape index (κ1) is 12.6. The van der Waals surface area contributed by atoms with Crippen molar-refractivity contribution in [3.8, 4) is 0 Å². The summed E-state index contributed by atoms with van der Waals surface area (Å²) < 4.78 is 5.94. The summed E-state index contributed by atoms with van der Waals surface area (Å²) in [5.41, 5.74) is 2.79. The van der Waals surface area contributed by atoms with Crippen molar-refractivity contribution in [3.05, 3.63) is 35.4 Å². The molecule has 0 amide bonds. The zero-order valence-electron chi connectivity index (χ0n) is 11.1. The molecule has 1 N–H and O–H groups in total. The van der Waals surface area contributed by atoms with E-state index in [0.717, 1.165) is 19.4 Å². The lowest BCUT2D eigenvalue weighted by Crippen LogP contribution is -2.48. The van der Waals surface area contributed by atoms with E-state index in [1.54, 1.807) is 0 Å². The monoisotopic (exact) mass is 233 g/mol. The van der Waals surface area contributed by atoms with Crippen molar-refractivity contribution < 1.29 is 4.74 Å². The third-order valence-corrected chi connectivity index (χ3v) is 4.02. The van der Waals surface area contributed by atoms with E-state index in [-0.39, 0.29) is 5.60 Å². The van der Waals surface area contributed by atoms with Crippen LogP contribution < -0.4 is 5.32 Å². The van der Waals surface area contributed by atoms with Gasteiger partial charge in [0.15, 0.2) is 0 Å². The predicted molar refractivity (Wildman–Crippen MR) is 71.3 cm³/mol. The molecule has 0 spiro atoms. The summed E-state index contributed by atoms with van der Waals surface area (Å²) >= 11 is 0. The Kier molecular flexibility index (Phi) is 3.85. The molecule has 2 unspecified atom stereocenters. The summed E-state index contributed by atoms with van der Waals surface area (Å²) in [6.45, 7) is 5.32. The lowest BCUT2D eigenvalue weighted by molar-refractivity contribution is -0.00946. The van der Waals surface area contributed by atoms with E-state index in [9.17, 15) is 0 Å². The average Bonchev–Trinajstić information content (AvgIpc) is 2.76. The Balaban J connectivity index is 2.12. The van der Waals surface area contributed by atoms with Gasteiger partial charge in [0, 0.05) is 12.6 Å². The van der Waals surface area contributed by atoms with Gasteiger partial charge in [-0.25, -0.2) is 0 Å². The Hall–Kier alpha value is -0.860. The molecular formula is C15H23NO. The molecule has 2 rings (SSSR count). The smallest absolute Gasteiger partial charge is 0.0810 e. The molecular weight excluding hydrogens is 210 g/mol. The van der Waals surface area contributed by atoms with Crippen LogP contribution in [0.1, 0.15) is 30.9 Å². The van der Waals surface area contributed by atoms with Gasteiger partial charge in [-0.15, -0.1) is 0 Å². The number of hydrogen-bond acceptors (Lipinski definition) is 2. The van der Waals surface area contributed by atoms with Gasteiger partial charge in [-0.3, -0.25) is 0 Å². The zero-order chi connectivity index (χ0) is 12.3. The van der Waals surface area contributed by atoms with E-state index in [4.69, 9.17) is 4.74 Å². The Morgan fingerprint density at radius 2 is 2.18 bits per heavy atom. The molecule has 2 atom stereocenters. The van der Waals surface area contributed by atoms with Crippen molar-refractivity contribution in [1.29, 1.82) is 0 Å². The zero-order valence-corrected chi connectivity index (χ0v) is 11.1. The number of nitrogens with one attached hydrogen (secondary N) is 1. The second-order valence-corrected chi connectivity index (χ2v) is 5.24. The van der Waals surface area contributed by atoms with Crippen LogP contribution in [-0.2, 0) is 11.2 Å². The lowest BCUT2D eigenvalue weighted by atomic mass is 9.87. The fourth-order valence-electron chi connectivity index (χ4n) is 2.76. The van der Waals surface area contributed by atoms with Crippen molar-refractivity contribution in [1.82, 2.24) is 5.32 Å². The van der Waals surface area contributed by atoms with Crippen LogP contribution in [-0.4, -0.2) is 25.3 Å². The third kappa shape index (κ3) is 2.70. The SMILES string of the molecule is CNC(Cc1ccccc1C)C1(C)CCCO1. The molecule has 1 fully saturated rings. The molecule has 1 aromatic rings. The summed E-state index contributed by atoms with van der Waals surface area (Å²) in [4.78, 5) is 0. The number of aryl methyl sites for hydroxylation is 1. The molecule has 1 heterocycles. The van der Waals surface area contributed by atoms with Crippen LogP contribution in [0.2, 0.25) is 0 Å². The highest BCUT2D eigenvalue weighted by atomic mass is 16.5. The van der Waals surface area contributed by atoms with Crippen molar-refractivity contribution >= 4 is 0 Å². The second-order valence-electron chi connectivity index (χ2n) is 5.24. The largest absolute Gasteiger partial charge is 0.374 e. The van der Waals surface area contributed by atoms with Gasteiger partial charge in [-0.1, -0.05) is 24.3 Å². The quantitative estimate of drug-likeness (QED) is 0.863. The molecule has 0 aliphatic carbocycles. The first-order valence-corrected chi connectivity index (χ1v) is 6.51. The minimum Gasteiger partial charge on any atom is -0.374 e. The molecule has 94 valence electrons. The molecule has 0 aromatic heterocycles. The molecule has 0 saturated carbocycles. The Morgan fingerprint density at radius 1 is 1.41 bits per heavy atom. The van der Waals surface area contributed by atoms with Crippen LogP contribution in [0.3, 0.4) is 0 Å². The topological polar surface area (TPSA) is 21.3 Å². The maximum atomic E-state index is 5.94. The van der Waals surface area contributed by atoms with Gasteiger partial charge in [0.1, 0.15) is 0 Å². The Morgan fingerprint density at radius 3 is 2.76 bits per heavy atom. The number of benzene rings is 1. The highest BCUT2D eigenvalue weighted by molar-refractivity contribution is 5.27. The minimum atomic E-state index is -0.00295. The predicted octanol–water partition coefficient (Wildman–Crippen LogP) is 2.69. The molecule has 1 saturated heterocycles. The Bertz CT molecular complexity index is 369. The van der Waals surface area contributed by atoms with E-state index in [1.807, 2.05) is 7.05 Å². The summed E-state index contributed by atoms with van der Waals surface area (Å²) in [5, 5.41) is 3.44. The molecule has 0 radical (unpaired) electrons. The highest BCUT2D eigenvalue weighted by Crippen LogP contribution is 2.30. The molecule has 17 heavy (non-hydrogen) atoms. The normalized spacial score (nSPS) is 26.1. The van der Waals surface area contributed by atoms with Crippen LogP contribution in [0.4, 0.5) is 0 Å². The highest BCUT2D eigenvalue weighted by Gasteiger charge is 2.37. The lowest BCUT2D eigenvalue weighted by Gasteiger charge is -2.33. The summed E-state index contributed by atoms with van der Waals surface area (Å²) in [5.74, 6) is 0. The second kappa shape index (κ2) is 5.19. The summed E-state index contributed by atoms with van der Waals surface area (Å²) in [6, 6.07) is 9.01. The van der Waals surface area contributed by atoms with Crippen LogP contribution in [0.15, 0.2) is 24.3 Å². The number of likely N-dealkylation sites (N-methyl/N-ethyl adjacent to an activating group) is 1. The van der Waals surface area contributed by atoms with Crippen molar-refractivity contribution in [2.45, 2.75) is 44.8 Å². The van der Waals surface area contributed by atoms with Gasteiger partial charge in [0.2, 0.25) is 0 Å². The first-order chi connectivity index (χ1) is 8.15. The van der Waals surface area contributed by atoms with Crippen LogP contribution in [0, 0.1) is 6.92 Å². The molecule has 2 nitrogen and oxygen atoms in total. The molecule has 1 aliphatic rings. The molecule has 1 aliphatic heterocycles. The fourth-order valence-corrected chi connectivity index (χ4v) is 2.76. The number of ether oxygens (including phenoxy) is 1. The number of rotatable bonds is 4. The standard InChI is InChI=1S/C15H23NO/c1-12-7-4-5-8-13(12)11-14(16-3)15(2)9-6-10-17-15/h4-5,7-8,14,16H,6,9-11H2,1-3H3. The van der Waals surface area contributed by atoms with Gasteiger partial charge in [-0.2, -0.15) is 0 Å². The maximum Gasteiger partial charge on any atom is 0.0810 e. The van der Waals surface area contributed by atoms with E-state index in [0.29, 0.717) is 6.04 Å². The van der Waals surface area contributed by atoms with E-state index in [1.165, 1.54) is 17.5 Å².